The van der Waals surface area contributed by atoms with Crippen LogP contribution in [0.15, 0.2) is 45.8 Å². The normalized spacial score (nSPS) is 15.0. The molecule has 0 spiro atoms. The van der Waals surface area contributed by atoms with Crippen molar-refractivity contribution in [3.8, 4) is 11.5 Å². The van der Waals surface area contributed by atoms with Crippen LogP contribution in [0, 0.1) is 5.82 Å². The molecule has 1 N–H and O–H groups in total. The van der Waals surface area contributed by atoms with E-state index in [1.807, 2.05) is 0 Å². The molecule has 7 nitrogen and oxygen atoms in total. The van der Waals surface area contributed by atoms with Crippen molar-refractivity contribution in [3.63, 3.8) is 0 Å². The number of benzene rings is 2. The number of aliphatic carboxylic acids is 1. The van der Waals surface area contributed by atoms with Gasteiger partial charge < -0.3 is 14.6 Å². The van der Waals surface area contributed by atoms with E-state index in [1.54, 1.807) is 24.3 Å². The Kier molecular flexibility index (Phi) is 6.78. The van der Waals surface area contributed by atoms with Crippen LogP contribution >= 0.6 is 27.7 Å². The number of ether oxygens (including phenoxy) is 2. The molecule has 156 valence electrons. The van der Waals surface area contributed by atoms with Gasteiger partial charge in [-0.15, -0.1) is 0 Å². The van der Waals surface area contributed by atoms with Gasteiger partial charge in [-0.05, 0) is 53.2 Å². The van der Waals surface area contributed by atoms with Crippen molar-refractivity contribution in [2.45, 2.75) is 6.61 Å². The van der Waals surface area contributed by atoms with Gasteiger partial charge in [0.2, 0.25) is 0 Å². The molecule has 0 bridgehead atoms. The summed E-state index contributed by atoms with van der Waals surface area (Å²) in [5.74, 6) is -1.56. The van der Waals surface area contributed by atoms with E-state index < -0.39 is 23.7 Å². The Morgan fingerprint density at radius 1 is 1.27 bits per heavy atom. The summed E-state index contributed by atoms with van der Waals surface area (Å²) in [7, 11) is 1.45. The Bertz CT molecular complexity index is 1060. The Labute approximate surface area is 183 Å². The van der Waals surface area contributed by atoms with Gasteiger partial charge in [0.15, 0.2) is 11.5 Å². The number of methoxy groups -OCH3 is 1. The molecule has 2 aromatic rings. The molecule has 2 amide bonds. The molecule has 1 aliphatic rings. The number of halogens is 2. The molecule has 1 heterocycles. The maximum Gasteiger partial charge on any atom is 0.323 e. The molecule has 0 saturated carbocycles. The van der Waals surface area contributed by atoms with Gasteiger partial charge in [-0.1, -0.05) is 28.1 Å². The number of thioether (sulfide) groups is 1. The van der Waals surface area contributed by atoms with Crippen LogP contribution in [0.2, 0.25) is 0 Å². The Hall–Kier alpha value is -2.85. The molecule has 3 rings (SSSR count). The van der Waals surface area contributed by atoms with Gasteiger partial charge in [0.1, 0.15) is 19.0 Å². The van der Waals surface area contributed by atoms with Gasteiger partial charge in [0.05, 0.1) is 12.0 Å². The summed E-state index contributed by atoms with van der Waals surface area (Å²) in [6.45, 7) is -0.576. The average Bonchev–Trinajstić information content (AvgIpc) is 2.95. The van der Waals surface area contributed by atoms with E-state index in [2.05, 4.69) is 15.9 Å². The molecule has 0 radical (unpaired) electrons. The van der Waals surface area contributed by atoms with Crippen LogP contribution in [0.4, 0.5) is 9.18 Å². The summed E-state index contributed by atoms with van der Waals surface area (Å²) < 4.78 is 25.0. The largest absolute Gasteiger partial charge is 0.493 e. The number of carboxylic acids is 1. The predicted molar refractivity (Wildman–Crippen MR) is 112 cm³/mol. The van der Waals surface area contributed by atoms with Crippen LogP contribution in [0.1, 0.15) is 11.1 Å². The monoisotopic (exact) mass is 495 g/mol. The van der Waals surface area contributed by atoms with Crippen LogP contribution in [-0.4, -0.2) is 40.8 Å². The third kappa shape index (κ3) is 5.00. The second-order valence-electron chi connectivity index (χ2n) is 6.10. The number of carbonyl (C=O) groups excluding carboxylic acids is 2. The lowest BCUT2D eigenvalue weighted by molar-refractivity contribution is -0.140. The summed E-state index contributed by atoms with van der Waals surface area (Å²) in [5, 5.41) is 8.20. The highest BCUT2D eigenvalue weighted by atomic mass is 79.9. The van der Waals surface area contributed by atoms with Gasteiger partial charge in [0, 0.05) is 4.47 Å². The van der Waals surface area contributed by atoms with E-state index in [1.165, 1.54) is 25.3 Å². The number of hydrogen-bond acceptors (Lipinski definition) is 6. The van der Waals surface area contributed by atoms with Crippen molar-refractivity contribution in [2.75, 3.05) is 13.7 Å². The van der Waals surface area contributed by atoms with Gasteiger partial charge in [-0.25, -0.2) is 4.39 Å². The maximum absolute atomic E-state index is 13.3. The van der Waals surface area contributed by atoms with Crippen molar-refractivity contribution < 1.29 is 33.4 Å². The molecule has 0 aromatic heterocycles. The zero-order valence-electron chi connectivity index (χ0n) is 15.6. The zero-order valence-corrected chi connectivity index (χ0v) is 18.0. The number of nitrogens with zero attached hydrogens (tertiary/aromatic N) is 1. The van der Waals surface area contributed by atoms with Crippen LogP contribution in [-0.2, 0) is 16.2 Å². The molecule has 0 aliphatic carbocycles. The van der Waals surface area contributed by atoms with Gasteiger partial charge in [-0.2, -0.15) is 0 Å². The standard InChI is InChI=1S/C20H15BrFNO6S/c1-28-15-6-12(7-17-19(26)23(9-18(24)25)20(27)30-17)14(21)8-16(15)29-10-11-3-2-4-13(22)5-11/h2-8H,9-10H2,1H3,(H,24,25)/b17-7+. The molecular formula is C20H15BrFNO6S. The predicted octanol–water partition coefficient (Wildman–Crippen LogP) is 4.30. The number of imide groups is 1. The summed E-state index contributed by atoms with van der Waals surface area (Å²) in [6.07, 6.45) is 1.47. The first-order chi connectivity index (χ1) is 14.3. The van der Waals surface area contributed by atoms with E-state index in [-0.39, 0.29) is 17.3 Å². The van der Waals surface area contributed by atoms with E-state index in [0.717, 1.165) is 0 Å². The van der Waals surface area contributed by atoms with E-state index in [4.69, 9.17) is 14.6 Å². The summed E-state index contributed by atoms with van der Waals surface area (Å²) in [5.41, 5.74) is 1.18. The summed E-state index contributed by atoms with van der Waals surface area (Å²) in [4.78, 5) is 35.8. The fraction of sp³-hybridized carbons (Fsp3) is 0.150. The second kappa shape index (κ2) is 9.31. The van der Waals surface area contributed by atoms with Gasteiger partial charge in [0.25, 0.3) is 11.1 Å². The number of hydrogen-bond donors (Lipinski definition) is 1. The van der Waals surface area contributed by atoms with Crippen LogP contribution < -0.4 is 9.47 Å². The minimum absolute atomic E-state index is 0.0948. The minimum Gasteiger partial charge on any atom is -0.493 e. The van der Waals surface area contributed by atoms with Crippen molar-refractivity contribution in [1.29, 1.82) is 0 Å². The van der Waals surface area contributed by atoms with E-state index in [0.29, 0.717) is 43.8 Å². The molecular weight excluding hydrogens is 481 g/mol. The van der Waals surface area contributed by atoms with Crippen molar-refractivity contribution in [3.05, 3.63) is 62.7 Å². The maximum atomic E-state index is 13.3. The number of rotatable bonds is 7. The fourth-order valence-electron chi connectivity index (χ4n) is 2.63. The van der Waals surface area contributed by atoms with Crippen molar-refractivity contribution in [1.82, 2.24) is 4.90 Å². The first-order valence-electron chi connectivity index (χ1n) is 8.50. The summed E-state index contributed by atoms with van der Waals surface area (Å²) in [6, 6.07) is 9.26. The number of amides is 2. The SMILES string of the molecule is COc1cc(/C=C2/SC(=O)N(CC(=O)O)C2=O)c(Br)cc1OCc1cccc(F)c1. The van der Waals surface area contributed by atoms with Crippen LogP contribution in [0.3, 0.4) is 0 Å². The topological polar surface area (TPSA) is 93.1 Å². The first kappa shape index (κ1) is 21.8. The van der Waals surface area contributed by atoms with Gasteiger partial charge >= 0.3 is 5.97 Å². The first-order valence-corrected chi connectivity index (χ1v) is 10.1. The fourth-order valence-corrected chi connectivity index (χ4v) is 3.90. The number of carbonyl (C=O) groups is 3. The summed E-state index contributed by atoms with van der Waals surface area (Å²) >= 11 is 4.05. The lowest BCUT2D eigenvalue weighted by Gasteiger charge is -2.13. The van der Waals surface area contributed by atoms with Crippen LogP contribution in [0.5, 0.6) is 11.5 Å². The minimum atomic E-state index is -1.28. The van der Waals surface area contributed by atoms with Crippen LogP contribution in [0.25, 0.3) is 6.08 Å². The van der Waals surface area contributed by atoms with E-state index in [9.17, 15) is 18.8 Å². The Morgan fingerprint density at radius 2 is 2.03 bits per heavy atom. The smallest absolute Gasteiger partial charge is 0.323 e. The molecule has 2 aromatic carbocycles. The van der Waals surface area contributed by atoms with Gasteiger partial charge in [-0.3, -0.25) is 19.3 Å². The molecule has 1 fully saturated rings. The number of carboxylic acid groups (broad SMARTS) is 1. The zero-order chi connectivity index (χ0) is 21.8. The molecule has 30 heavy (non-hydrogen) atoms. The molecule has 0 atom stereocenters. The Morgan fingerprint density at radius 3 is 2.70 bits per heavy atom. The molecule has 1 aliphatic heterocycles. The third-order valence-corrected chi connectivity index (χ3v) is 5.61. The van der Waals surface area contributed by atoms with Crippen molar-refractivity contribution >= 4 is 50.9 Å². The molecule has 1 saturated heterocycles. The molecule has 0 unspecified atom stereocenters. The quantitative estimate of drug-likeness (QED) is 0.572. The molecule has 10 heteroatoms. The highest BCUT2D eigenvalue weighted by Crippen LogP contribution is 2.38. The lowest BCUT2D eigenvalue weighted by Crippen LogP contribution is -2.33. The average molecular weight is 496 g/mol. The third-order valence-electron chi connectivity index (χ3n) is 4.02. The highest BCUT2D eigenvalue weighted by Gasteiger charge is 2.36. The second-order valence-corrected chi connectivity index (χ2v) is 7.95. The highest BCUT2D eigenvalue weighted by molar-refractivity contribution is 9.10. The Balaban J connectivity index is 1.83. The van der Waals surface area contributed by atoms with E-state index >= 15 is 0 Å². The van der Waals surface area contributed by atoms with Crippen molar-refractivity contribution in [2.24, 2.45) is 0 Å². The lowest BCUT2D eigenvalue weighted by atomic mass is 10.1.